The number of halogens is 3. The highest BCUT2D eigenvalue weighted by molar-refractivity contribution is 5.85. The van der Waals surface area contributed by atoms with Crippen molar-refractivity contribution in [3.63, 3.8) is 0 Å². The van der Waals surface area contributed by atoms with Crippen LogP contribution >= 0.6 is 24.8 Å². The maximum Gasteiger partial charge on any atom is 0.137 e. The third-order valence-corrected chi connectivity index (χ3v) is 2.95. The van der Waals surface area contributed by atoms with Crippen molar-refractivity contribution in [1.82, 2.24) is 4.98 Å². The molecule has 1 unspecified atom stereocenters. The largest absolute Gasteiger partial charge is 0.330 e. The molecule has 0 radical (unpaired) electrons. The highest BCUT2D eigenvalue weighted by atomic mass is 35.5. The lowest BCUT2D eigenvalue weighted by atomic mass is 9.88. The van der Waals surface area contributed by atoms with Gasteiger partial charge in [0.1, 0.15) is 5.67 Å². The van der Waals surface area contributed by atoms with Crippen LogP contribution in [0.3, 0.4) is 0 Å². The monoisotopic (exact) mass is 304 g/mol. The summed E-state index contributed by atoms with van der Waals surface area (Å²) >= 11 is 0. The van der Waals surface area contributed by atoms with E-state index in [-0.39, 0.29) is 24.8 Å². The Bertz CT molecular complexity index is 434. The number of pyridine rings is 1. The lowest BCUT2D eigenvalue weighted by Crippen LogP contribution is -2.24. The Hall–Kier alpha value is -0.900. The fourth-order valence-electron chi connectivity index (χ4n) is 2.02. The summed E-state index contributed by atoms with van der Waals surface area (Å²) in [7, 11) is 0. The average Bonchev–Trinajstić information content (AvgIpc) is 2.34. The first kappa shape index (κ1) is 18.1. The number of nitrogens with zero attached hydrogens (tertiary/aromatic N) is 1. The molecule has 0 fully saturated rings. The van der Waals surface area contributed by atoms with Crippen LogP contribution < -0.4 is 5.73 Å². The highest BCUT2D eigenvalue weighted by Crippen LogP contribution is 2.29. The average molecular weight is 305 g/mol. The van der Waals surface area contributed by atoms with Crippen LogP contribution in [0, 0.1) is 0 Å². The molecule has 1 heterocycles. The minimum absolute atomic E-state index is 0. The summed E-state index contributed by atoms with van der Waals surface area (Å²) in [6.07, 6.45) is 10.5. The molecule has 106 valence electrons. The first-order valence-electron chi connectivity index (χ1n) is 5.88. The van der Waals surface area contributed by atoms with Gasteiger partial charge in [0.05, 0.1) is 0 Å². The van der Waals surface area contributed by atoms with Crippen LogP contribution in [0.2, 0.25) is 0 Å². The molecular weight excluding hydrogens is 286 g/mol. The predicted octanol–water partition coefficient (Wildman–Crippen LogP) is 3.41. The topological polar surface area (TPSA) is 38.9 Å². The van der Waals surface area contributed by atoms with Crippen LogP contribution in [0.25, 0.3) is 0 Å². The zero-order chi connectivity index (χ0) is 12.1. The molecular formula is C14H19Cl2FN2. The molecule has 2 N–H and O–H groups in total. The molecule has 0 aliphatic heterocycles. The van der Waals surface area contributed by atoms with Crippen LogP contribution in [-0.2, 0) is 6.42 Å². The molecule has 0 amide bonds. The molecule has 1 aromatic rings. The Kier molecular flexibility index (Phi) is 7.91. The van der Waals surface area contributed by atoms with Gasteiger partial charge in [0, 0.05) is 25.2 Å². The van der Waals surface area contributed by atoms with Gasteiger partial charge >= 0.3 is 0 Å². The van der Waals surface area contributed by atoms with Gasteiger partial charge in [-0.25, -0.2) is 4.39 Å². The van der Waals surface area contributed by atoms with Gasteiger partial charge in [-0.05, 0) is 30.7 Å². The zero-order valence-electron chi connectivity index (χ0n) is 10.6. The van der Waals surface area contributed by atoms with Crippen LogP contribution in [0.1, 0.15) is 18.4 Å². The van der Waals surface area contributed by atoms with Crippen LogP contribution in [0.4, 0.5) is 4.39 Å². The lowest BCUT2D eigenvalue weighted by molar-refractivity contribution is 0.229. The number of aromatic nitrogens is 1. The van der Waals surface area contributed by atoms with Crippen molar-refractivity contribution in [3.05, 3.63) is 53.9 Å². The minimum Gasteiger partial charge on any atom is -0.330 e. The van der Waals surface area contributed by atoms with E-state index >= 15 is 0 Å². The minimum atomic E-state index is -1.28. The molecule has 1 atom stereocenters. The Morgan fingerprint density at radius 3 is 2.68 bits per heavy atom. The Morgan fingerprint density at radius 1 is 1.37 bits per heavy atom. The van der Waals surface area contributed by atoms with E-state index in [0.29, 0.717) is 19.4 Å². The van der Waals surface area contributed by atoms with E-state index in [2.05, 4.69) is 4.98 Å². The van der Waals surface area contributed by atoms with Gasteiger partial charge in [0.2, 0.25) is 0 Å². The molecule has 19 heavy (non-hydrogen) atoms. The quantitative estimate of drug-likeness (QED) is 0.926. The maximum absolute atomic E-state index is 14.5. The van der Waals surface area contributed by atoms with Gasteiger partial charge in [0.15, 0.2) is 0 Å². The van der Waals surface area contributed by atoms with Crippen molar-refractivity contribution in [3.8, 4) is 0 Å². The lowest BCUT2D eigenvalue weighted by Gasteiger charge is -2.23. The van der Waals surface area contributed by atoms with Crippen LogP contribution in [0.15, 0.2) is 48.3 Å². The summed E-state index contributed by atoms with van der Waals surface area (Å²) in [4.78, 5) is 4.00. The van der Waals surface area contributed by atoms with Crippen molar-refractivity contribution in [2.75, 3.05) is 6.54 Å². The van der Waals surface area contributed by atoms with Crippen molar-refractivity contribution in [1.29, 1.82) is 0 Å². The molecule has 0 bridgehead atoms. The number of alkyl halides is 1. The second-order valence-corrected chi connectivity index (χ2v) is 4.43. The van der Waals surface area contributed by atoms with E-state index in [0.717, 1.165) is 17.6 Å². The van der Waals surface area contributed by atoms with Crippen molar-refractivity contribution in [2.45, 2.75) is 24.9 Å². The van der Waals surface area contributed by atoms with E-state index in [1.54, 1.807) is 18.5 Å². The summed E-state index contributed by atoms with van der Waals surface area (Å²) in [6.45, 7) is 0.609. The van der Waals surface area contributed by atoms with E-state index in [9.17, 15) is 4.39 Å². The Labute approximate surface area is 125 Å². The molecule has 1 aliphatic carbocycles. The number of nitrogens with two attached hydrogens (primary N) is 1. The van der Waals surface area contributed by atoms with E-state index in [4.69, 9.17) is 5.73 Å². The molecule has 5 heteroatoms. The summed E-state index contributed by atoms with van der Waals surface area (Å²) in [5.74, 6) is 0. The number of hydrogen-bond acceptors (Lipinski definition) is 2. The van der Waals surface area contributed by atoms with Gasteiger partial charge in [-0.3, -0.25) is 4.98 Å². The smallest absolute Gasteiger partial charge is 0.137 e. The maximum atomic E-state index is 14.5. The molecule has 0 saturated heterocycles. The second kappa shape index (κ2) is 8.31. The first-order valence-corrected chi connectivity index (χ1v) is 5.88. The summed E-state index contributed by atoms with van der Waals surface area (Å²) < 4.78 is 14.5. The zero-order valence-corrected chi connectivity index (χ0v) is 12.2. The molecule has 1 aromatic heterocycles. The normalized spacial score (nSPS) is 21.1. The van der Waals surface area contributed by atoms with Gasteiger partial charge in [-0.2, -0.15) is 0 Å². The fourth-order valence-corrected chi connectivity index (χ4v) is 2.02. The van der Waals surface area contributed by atoms with Crippen molar-refractivity contribution >= 4 is 24.8 Å². The fraction of sp³-hybridized carbons (Fsp3) is 0.357. The van der Waals surface area contributed by atoms with E-state index in [1.165, 1.54) is 0 Å². The summed E-state index contributed by atoms with van der Waals surface area (Å²) in [6, 6.07) is 3.74. The van der Waals surface area contributed by atoms with Gasteiger partial charge < -0.3 is 5.73 Å². The standard InChI is InChI=1S/C14H17FN2.2ClH/c15-14(10-13-2-1-9-17-11-13)6-3-12(4-7-14)5-8-16;;/h1-4,6,9,11H,5,7-8,10,16H2;2*1H. The van der Waals surface area contributed by atoms with Crippen LogP contribution in [0.5, 0.6) is 0 Å². The summed E-state index contributed by atoms with van der Waals surface area (Å²) in [5.41, 5.74) is 6.25. The van der Waals surface area contributed by atoms with Crippen LogP contribution in [-0.4, -0.2) is 17.2 Å². The molecule has 2 nitrogen and oxygen atoms in total. The van der Waals surface area contributed by atoms with Gasteiger partial charge in [0.25, 0.3) is 0 Å². The van der Waals surface area contributed by atoms with Gasteiger partial charge in [-0.1, -0.05) is 23.8 Å². The second-order valence-electron chi connectivity index (χ2n) is 4.43. The first-order chi connectivity index (χ1) is 8.22. The van der Waals surface area contributed by atoms with Gasteiger partial charge in [-0.15, -0.1) is 24.8 Å². The SMILES string of the molecule is Cl.Cl.NCCC1=CCC(F)(Cc2cccnc2)C=C1. The Balaban J connectivity index is 0.00000162. The number of rotatable bonds is 4. The third kappa shape index (κ3) is 5.31. The Morgan fingerprint density at radius 2 is 2.16 bits per heavy atom. The molecule has 0 saturated carbocycles. The molecule has 0 spiro atoms. The third-order valence-electron chi connectivity index (χ3n) is 2.95. The summed E-state index contributed by atoms with van der Waals surface area (Å²) in [5, 5.41) is 0. The highest BCUT2D eigenvalue weighted by Gasteiger charge is 2.27. The predicted molar refractivity (Wildman–Crippen MR) is 81.8 cm³/mol. The number of hydrogen-bond donors (Lipinski definition) is 1. The van der Waals surface area contributed by atoms with Crippen molar-refractivity contribution < 1.29 is 4.39 Å². The molecule has 2 rings (SSSR count). The molecule has 0 aromatic carbocycles. The number of allylic oxidation sites excluding steroid dienone is 3. The van der Waals surface area contributed by atoms with Crippen molar-refractivity contribution in [2.24, 2.45) is 5.73 Å². The van der Waals surface area contributed by atoms with E-state index in [1.807, 2.05) is 24.3 Å². The van der Waals surface area contributed by atoms with E-state index < -0.39 is 5.67 Å². The molecule has 1 aliphatic rings.